The molecule has 0 atom stereocenters. The van der Waals surface area contributed by atoms with Gasteiger partial charge in [0, 0.05) is 37.8 Å². The van der Waals surface area contributed by atoms with Gasteiger partial charge in [-0.25, -0.2) is 4.79 Å². The number of hydrogen-bond donors (Lipinski definition) is 0. The smallest absolute Gasteiger partial charge is 0.337 e. The van der Waals surface area contributed by atoms with E-state index < -0.39 is 0 Å². The van der Waals surface area contributed by atoms with Crippen molar-refractivity contribution in [1.82, 2.24) is 24.6 Å². The number of amides is 1. The molecule has 0 spiro atoms. The minimum atomic E-state index is -0.330. The zero-order chi connectivity index (χ0) is 18.6. The van der Waals surface area contributed by atoms with Crippen LogP contribution in [0.1, 0.15) is 43.4 Å². The Morgan fingerprint density at radius 3 is 2.68 bits per heavy atom. The molecule has 2 rings (SSSR count). The van der Waals surface area contributed by atoms with Crippen molar-refractivity contribution in [3.8, 4) is 0 Å². The minimum absolute atomic E-state index is 0.101. The Balaban J connectivity index is 1.92. The number of aromatic nitrogens is 4. The highest BCUT2D eigenvalue weighted by Crippen LogP contribution is 2.07. The molecule has 8 heteroatoms. The van der Waals surface area contributed by atoms with Crippen molar-refractivity contribution in [2.45, 2.75) is 53.6 Å². The van der Waals surface area contributed by atoms with Gasteiger partial charge in [-0.3, -0.25) is 9.36 Å². The van der Waals surface area contributed by atoms with Gasteiger partial charge in [0.2, 0.25) is 11.8 Å². The molecule has 0 unspecified atom stereocenters. The summed E-state index contributed by atoms with van der Waals surface area (Å²) in [5.74, 6) is 1.40. The molecule has 2 aromatic heterocycles. The number of carbonyl (C=O) groups is 1. The van der Waals surface area contributed by atoms with Gasteiger partial charge in [-0.1, -0.05) is 19.0 Å². The molecule has 0 aliphatic heterocycles. The molecule has 1 amide bonds. The van der Waals surface area contributed by atoms with E-state index in [1.165, 1.54) is 9.47 Å². The number of nitrogens with zero attached hydrogens (tertiary/aromatic N) is 5. The molecule has 0 aliphatic carbocycles. The number of rotatable bonds is 7. The zero-order valence-electron chi connectivity index (χ0n) is 15.4. The van der Waals surface area contributed by atoms with Crippen molar-refractivity contribution in [3.05, 3.63) is 39.7 Å². The molecule has 0 aliphatic rings. The second-order valence-electron chi connectivity index (χ2n) is 6.68. The van der Waals surface area contributed by atoms with Gasteiger partial charge in [0.05, 0.1) is 6.54 Å². The maximum absolute atomic E-state index is 12.3. The summed E-state index contributed by atoms with van der Waals surface area (Å²) < 4.78 is 6.69. The van der Waals surface area contributed by atoms with Crippen LogP contribution in [-0.2, 0) is 24.3 Å². The van der Waals surface area contributed by atoms with E-state index in [1.807, 2.05) is 13.0 Å². The summed E-state index contributed by atoms with van der Waals surface area (Å²) in [6.45, 7) is 8.31. The summed E-state index contributed by atoms with van der Waals surface area (Å²) in [5.41, 5.74) is 1.14. The van der Waals surface area contributed by atoms with E-state index in [9.17, 15) is 9.59 Å². The first kappa shape index (κ1) is 18.8. The summed E-state index contributed by atoms with van der Waals surface area (Å²) in [6.07, 6.45) is 0.943. The van der Waals surface area contributed by atoms with Crippen molar-refractivity contribution in [1.29, 1.82) is 0 Å². The second kappa shape index (κ2) is 8.04. The molecule has 0 aromatic carbocycles. The largest absolute Gasteiger partial charge is 0.347 e. The summed E-state index contributed by atoms with van der Waals surface area (Å²) in [4.78, 5) is 33.9. The molecule has 0 bridgehead atoms. The Bertz CT molecular complexity index is 794. The first-order chi connectivity index (χ1) is 11.8. The SMILES string of the molecule is Cc1cc(C)n(CCC(=O)N(C)Cc2nc(CC(C)C)no2)c(=O)n1. The maximum Gasteiger partial charge on any atom is 0.347 e. The van der Waals surface area contributed by atoms with Crippen LogP contribution in [0, 0.1) is 19.8 Å². The summed E-state index contributed by atoms with van der Waals surface area (Å²) in [5, 5.41) is 3.92. The predicted octanol–water partition coefficient (Wildman–Crippen LogP) is 1.49. The highest BCUT2D eigenvalue weighted by Gasteiger charge is 2.15. The van der Waals surface area contributed by atoms with Crippen LogP contribution in [0.15, 0.2) is 15.4 Å². The van der Waals surface area contributed by atoms with Gasteiger partial charge in [0.25, 0.3) is 0 Å². The molecule has 0 saturated heterocycles. The van der Waals surface area contributed by atoms with Crippen molar-refractivity contribution in [3.63, 3.8) is 0 Å². The molecule has 0 N–H and O–H groups in total. The van der Waals surface area contributed by atoms with E-state index in [1.54, 1.807) is 14.0 Å². The van der Waals surface area contributed by atoms with E-state index in [2.05, 4.69) is 29.0 Å². The van der Waals surface area contributed by atoms with Crippen LogP contribution in [0.3, 0.4) is 0 Å². The average molecular weight is 347 g/mol. The lowest BCUT2D eigenvalue weighted by atomic mass is 10.1. The third-order valence-electron chi connectivity index (χ3n) is 3.79. The third-order valence-corrected chi connectivity index (χ3v) is 3.79. The molecule has 25 heavy (non-hydrogen) atoms. The fourth-order valence-corrected chi connectivity index (χ4v) is 2.54. The molecular formula is C17H25N5O3. The first-order valence-electron chi connectivity index (χ1n) is 8.36. The summed E-state index contributed by atoms with van der Waals surface area (Å²) in [6, 6.07) is 1.82. The lowest BCUT2D eigenvalue weighted by Gasteiger charge is -2.16. The monoisotopic (exact) mass is 347 g/mol. The Kier molecular flexibility index (Phi) is 6.06. The quantitative estimate of drug-likeness (QED) is 0.753. The molecule has 2 aromatic rings. The highest BCUT2D eigenvalue weighted by atomic mass is 16.5. The molecule has 2 heterocycles. The standard InChI is InChI=1S/C17H25N5O3/c1-11(2)8-14-19-15(25-20-14)10-21(5)16(23)6-7-22-13(4)9-12(3)18-17(22)24/h9,11H,6-8,10H2,1-5H3. The van der Waals surface area contributed by atoms with E-state index in [0.717, 1.165) is 12.1 Å². The van der Waals surface area contributed by atoms with Gasteiger partial charge in [0.15, 0.2) is 5.82 Å². The van der Waals surface area contributed by atoms with Crippen LogP contribution >= 0.6 is 0 Å². The van der Waals surface area contributed by atoms with Gasteiger partial charge in [-0.15, -0.1) is 0 Å². The normalized spacial score (nSPS) is 11.1. The second-order valence-corrected chi connectivity index (χ2v) is 6.68. The third kappa shape index (κ3) is 5.23. The van der Waals surface area contributed by atoms with E-state index >= 15 is 0 Å². The molecule has 8 nitrogen and oxygen atoms in total. The molecule has 136 valence electrons. The van der Waals surface area contributed by atoms with Crippen LogP contribution in [-0.4, -0.2) is 37.5 Å². The van der Waals surface area contributed by atoms with Crippen molar-refractivity contribution < 1.29 is 9.32 Å². The Morgan fingerprint density at radius 2 is 2.04 bits per heavy atom. The van der Waals surface area contributed by atoms with Crippen LogP contribution in [0.4, 0.5) is 0 Å². The van der Waals surface area contributed by atoms with Crippen LogP contribution < -0.4 is 5.69 Å². The number of hydrogen-bond acceptors (Lipinski definition) is 6. The number of carbonyl (C=O) groups excluding carboxylic acids is 1. The van der Waals surface area contributed by atoms with Crippen molar-refractivity contribution in [2.24, 2.45) is 5.92 Å². The summed E-state index contributed by atoms with van der Waals surface area (Å²) >= 11 is 0. The van der Waals surface area contributed by atoms with Gasteiger partial charge < -0.3 is 9.42 Å². The van der Waals surface area contributed by atoms with Gasteiger partial charge in [0.1, 0.15) is 0 Å². The summed E-state index contributed by atoms with van der Waals surface area (Å²) in [7, 11) is 1.68. The molecule has 0 saturated carbocycles. The van der Waals surface area contributed by atoms with E-state index in [0.29, 0.717) is 29.9 Å². The van der Waals surface area contributed by atoms with Crippen LogP contribution in [0.2, 0.25) is 0 Å². The fourth-order valence-electron chi connectivity index (χ4n) is 2.54. The topological polar surface area (TPSA) is 94.1 Å². The fraction of sp³-hybridized carbons (Fsp3) is 0.588. The Hall–Kier alpha value is -2.51. The van der Waals surface area contributed by atoms with Crippen LogP contribution in [0.25, 0.3) is 0 Å². The lowest BCUT2D eigenvalue weighted by molar-refractivity contribution is -0.131. The zero-order valence-corrected chi connectivity index (χ0v) is 15.4. The first-order valence-corrected chi connectivity index (χ1v) is 8.36. The van der Waals surface area contributed by atoms with Gasteiger partial charge >= 0.3 is 5.69 Å². The Morgan fingerprint density at radius 1 is 1.32 bits per heavy atom. The Labute approximate surface area is 146 Å². The van der Waals surface area contributed by atoms with Gasteiger partial charge in [-0.2, -0.15) is 9.97 Å². The maximum atomic E-state index is 12.3. The average Bonchev–Trinajstić information content (AvgIpc) is 2.91. The van der Waals surface area contributed by atoms with Crippen LogP contribution in [0.5, 0.6) is 0 Å². The highest BCUT2D eigenvalue weighted by molar-refractivity contribution is 5.75. The number of aryl methyl sites for hydroxylation is 2. The van der Waals surface area contributed by atoms with Crippen molar-refractivity contribution in [2.75, 3.05) is 7.05 Å². The van der Waals surface area contributed by atoms with Crippen molar-refractivity contribution >= 4 is 5.91 Å². The lowest BCUT2D eigenvalue weighted by Crippen LogP contribution is -2.31. The predicted molar refractivity (Wildman–Crippen MR) is 91.9 cm³/mol. The van der Waals surface area contributed by atoms with E-state index in [-0.39, 0.29) is 24.6 Å². The van der Waals surface area contributed by atoms with E-state index in [4.69, 9.17) is 4.52 Å². The molecule has 0 radical (unpaired) electrons. The molecular weight excluding hydrogens is 322 g/mol. The van der Waals surface area contributed by atoms with Gasteiger partial charge in [-0.05, 0) is 25.8 Å². The molecule has 0 fully saturated rings. The minimum Gasteiger partial charge on any atom is -0.337 e.